The minimum absolute atomic E-state index is 0.00928. The smallest absolute Gasteiger partial charge is 0.186 e. The molecule has 0 bridgehead atoms. The molecule has 1 N–H and O–H groups in total. The second-order valence-corrected chi connectivity index (χ2v) is 4.29. The summed E-state index contributed by atoms with van der Waals surface area (Å²) >= 11 is 5.87. The fraction of sp³-hybridized carbons (Fsp3) is 0. The number of benzene rings is 2. The van der Waals surface area contributed by atoms with Crippen LogP contribution < -0.4 is 0 Å². The first-order valence-electron chi connectivity index (χ1n) is 5.25. The van der Waals surface area contributed by atoms with Gasteiger partial charge in [0.25, 0.3) is 0 Å². The fourth-order valence-electron chi connectivity index (χ4n) is 1.79. The van der Waals surface area contributed by atoms with E-state index < -0.39 is 11.6 Å². The Bertz CT molecular complexity index is 737. The molecule has 0 unspecified atom stereocenters. The van der Waals surface area contributed by atoms with Crippen LogP contribution in [0.5, 0.6) is 0 Å². The highest BCUT2D eigenvalue weighted by Crippen LogP contribution is 2.25. The molecule has 1 aromatic heterocycles. The van der Waals surface area contributed by atoms with Gasteiger partial charge in [-0.2, -0.15) is 0 Å². The Kier molecular flexibility index (Phi) is 2.52. The van der Waals surface area contributed by atoms with E-state index in [0.717, 1.165) is 11.6 Å². The van der Waals surface area contributed by atoms with Crippen molar-refractivity contribution in [2.24, 2.45) is 0 Å². The van der Waals surface area contributed by atoms with Crippen LogP contribution in [0.1, 0.15) is 0 Å². The van der Waals surface area contributed by atoms with Gasteiger partial charge in [-0.05, 0) is 24.3 Å². The number of halogens is 3. The average Bonchev–Trinajstić information content (AvgIpc) is 2.79. The Morgan fingerprint density at radius 2 is 1.94 bits per heavy atom. The quantitative estimate of drug-likeness (QED) is 0.702. The van der Waals surface area contributed by atoms with Crippen LogP contribution in [0, 0.1) is 11.6 Å². The van der Waals surface area contributed by atoms with E-state index in [0.29, 0.717) is 16.4 Å². The van der Waals surface area contributed by atoms with Crippen molar-refractivity contribution in [1.29, 1.82) is 0 Å². The second kappa shape index (κ2) is 4.07. The summed E-state index contributed by atoms with van der Waals surface area (Å²) < 4.78 is 26.6. The molecule has 2 aromatic carbocycles. The molecule has 0 saturated heterocycles. The molecule has 0 aliphatic heterocycles. The first-order chi connectivity index (χ1) is 8.65. The topological polar surface area (TPSA) is 28.7 Å². The van der Waals surface area contributed by atoms with Crippen molar-refractivity contribution in [2.45, 2.75) is 0 Å². The molecule has 3 aromatic rings. The molecule has 3 rings (SSSR count). The minimum Gasteiger partial charge on any atom is -0.338 e. The van der Waals surface area contributed by atoms with Gasteiger partial charge in [-0.1, -0.05) is 23.7 Å². The van der Waals surface area contributed by atoms with Crippen LogP contribution in [0.4, 0.5) is 8.78 Å². The van der Waals surface area contributed by atoms with Crippen LogP contribution in [0.15, 0.2) is 36.4 Å². The molecule has 0 spiro atoms. The maximum atomic E-state index is 13.5. The van der Waals surface area contributed by atoms with E-state index >= 15 is 0 Å². The first-order valence-corrected chi connectivity index (χ1v) is 5.62. The molecule has 1 heterocycles. The molecule has 5 heteroatoms. The lowest BCUT2D eigenvalue weighted by Crippen LogP contribution is -1.84. The summed E-state index contributed by atoms with van der Waals surface area (Å²) in [6, 6.07) is 9.51. The van der Waals surface area contributed by atoms with Crippen molar-refractivity contribution in [3.8, 4) is 11.4 Å². The van der Waals surface area contributed by atoms with Crippen LogP contribution in [-0.2, 0) is 0 Å². The van der Waals surface area contributed by atoms with Crippen molar-refractivity contribution in [2.75, 3.05) is 0 Å². The van der Waals surface area contributed by atoms with E-state index in [4.69, 9.17) is 11.6 Å². The van der Waals surface area contributed by atoms with Crippen molar-refractivity contribution in [3.05, 3.63) is 53.1 Å². The number of fused-ring (bicyclic) bond motifs is 1. The number of nitrogens with one attached hydrogen (secondary N) is 1. The zero-order chi connectivity index (χ0) is 12.7. The number of imidazole rings is 1. The molecule has 2 nitrogen and oxygen atoms in total. The zero-order valence-electron chi connectivity index (χ0n) is 9.05. The fourth-order valence-corrected chi connectivity index (χ4v) is 1.98. The summed E-state index contributed by atoms with van der Waals surface area (Å²) in [5.41, 5.74) is 1.16. The Morgan fingerprint density at radius 1 is 1.11 bits per heavy atom. The lowest BCUT2D eigenvalue weighted by Gasteiger charge is -1.96. The molecule has 0 fully saturated rings. The molecule has 0 aliphatic carbocycles. The Balaban J connectivity index is 2.23. The Morgan fingerprint density at radius 3 is 2.72 bits per heavy atom. The standard InChI is InChI=1S/C13H7ClF2N2/c14-8-3-1-2-7(6-8)13-17-10-5-4-9(15)11(16)12(10)18-13/h1-6H,(H,17,18). The first kappa shape index (κ1) is 11.2. The molecular formula is C13H7ClF2N2. The van der Waals surface area contributed by atoms with Crippen molar-refractivity contribution in [3.63, 3.8) is 0 Å². The van der Waals surface area contributed by atoms with E-state index in [1.165, 1.54) is 6.07 Å². The number of hydrogen-bond acceptors (Lipinski definition) is 1. The van der Waals surface area contributed by atoms with Gasteiger partial charge in [0.1, 0.15) is 11.3 Å². The molecule has 0 aliphatic rings. The maximum absolute atomic E-state index is 13.5. The number of aromatic nitrogens is 2. The number of aromatic amines is 1. The number of hydrogen-bond donors (Lipinski definition) is 1. The molecule has 0 radical (unpaired) electrons. The van der Waals surface area contributed by atoms with Gasteiger partial charge < -0.3 is 4.98 Å². The van der Waals surface area contributed by atoms with Crippen LogP contribution >= 0.6 is 11.6 Å². The van der Waals surface area contributed by atoms with Gasteiger partial charge in [0.2, 0.25) is 0 Å². The number of H-pyrrole nitrogens is 1. The second-order valence-electron chi connectivity index (χ2n) is 3.85. The lowest BCUT2D eigenvalue weighted by molar-refractivity contribution is 0.515. The number of rotatable bonds is 1. The van der Waals surface area contributed by atoms with Gasteiger partial charge in [0.05, 0.1) is 5.52 Å². The summed E-state index contributed by atoms with van der Waals surface area (Å²) in [4.78, 5) is 6.99. The molecule has 90 valence electrons. The SMILES string of the molecule is Fc1ccc2[nH]c(-c3cccc(Cl)c3)nc2c1F. The highest BCUT2D eigenvalue weighted by Gasteiger charge is 2.12. The van der Waals surface area contributed by atoms with E-state index in [1.807, 2.05) is 0 Å². The lowest BCUT2D eigenvalue weighted by atomic mass is 10.2. The molecule has 0 atom stereocenters. The normalized spacial score (nSPS) is 11.1. The molecular weight excluding hydrogens is 258 g/mol. The van der Waals surface area contributed by atoms with Crippen molar-refractivity contribution < 1.29 is 8.78 Å². The predicted octanol–water partition coefficient (Wildman–Crippen LogP) is 4.16. The van der Waals surface area contributed by atoms with E-state index in [9.17, 15) is 8.78 Å². The predicted molar refractivity (Wildman–Crippen MR) is 66.5 cm³/mol. The average molecular weight is 265 g/mol. The summed E-state index contributed by atoms with van der Waals surface area (Å²) in [6.45, 7) is 0. The van der Waals surface area contributed by atoms with Crippen LogP contribution in [0.2, 0.25) is 5.02 Å². The van der Waals surface area contributed by atoms with Crippen LogP contribution in [-0.4, -0.2) is 9.97 Å². The minimum atomic E-state index is -0.947. The van der Waals surface area contributed by atoms with Crippen molar-refractivity contribution in [1.82, 2.24) is 9.97 Å². The molecule has 18 heavy (non-hydrogen) atoms. The molecule has 0 saturated carbocycles. The summed E-state index contributed by atoms with van der Waals surface area (Å²) in [7, 11) is 0. The van der Waals surface area contributed by atoms with Gasteiger partial charge in [0.15, 0.2) is 11.6 Å². The molecule has 0 amide bonds. The zero-order valence-corrected chi connectivity index (χ0v) is 9.80. The number of nitrogens with zero attached hydrogens (tertiary/aromatic N) is 1. The summed E-state index contributed by atoms with van der Waals surface area (Å²) in [6.07, 6.45) is 0. The highest BCUT2D eigenvalue weighted by molar-refractivity contribution is 6.30. The van der Waals surface area contributed by atoms with Crippen LogP contribution in [0.25, 0.3) is 22.4 Å². The monoisotopic (exact) mass is 264 g/mol. The van der Waals surface area contributed by atoms with Gasteiger partial charge in [-0.15, -0.1) is 0 Å². The van der Waals surface area contributed by atoms with Gasteiger partial charge in [-0.25, -0.2) is 13.8 Å². The third-order valence-electron chi connectivity index (χ3n) is 2.64. The summed E-state index contributed by atoms with van der Waals surface area (Å²) in [5, 5.41) is 0.555. The van der Waals surface area contributed by atoms with E-state index in [1.54, 1.807) is 24.3 Å². The van der Waals surface area contributed by atoms with Crippen LogP contribution in [0.3, 0.4) is 0 Å². The highest BCUT2D eigenvalue weighted by atomic mass is 35.5. The van der Waals surface area contributed by atoms with E-state index in [-0.39, 0.29) is 5.52 Å². The van der Waals surface area contributed by atoms with Gasteiger partial charge in [0, 0.05) is 10.6 Å². The van der Waals surface area contributed by atoms with E-state index in [2.05, 4.69) is 9.97 Å². The summed E-state index contributed by atoms with van der Waals surface area (Å²) in [5.74, 6) is -1.40. The van der Waals surface area contributed by atoms with Crippen molar-refractivity contribution >= 4 is 22.6 Å². The largest absolute Gasteiger partial charge is 0.338 e. The van der Waals surface area contributed by atoms with Gasteiger partial charge >= 0.3 is 0 Å². The third-order valence-corrected chi connectivity index (χ3v) is 2.88. The van der Waals surface area contributed by atoms with Gasteiger partial charge in [-0.3, -0.25) is 0 Å². The Hall–Kier alpha value is -1.94. The third kappa shape index (κ3) is 1.75. The Labute approximate surface area is 106 Å². The maximum Gasteiger partial charge on any atom is 0.186 e.